The zero-order valence-corrected chi connectivity index (χ0v) is 10.3. The lowest BCUT2D eigenvalue weighted by Crippen LogP contribution is -2.27. The maximum atomic E-state index is 12.1. The van der Waals surface area contributed by atoms with E-state index in [-0.39, 0.29) is 11.7 Å². The molecule has 5 nitrogen and oxygen atoms in total. The van der Waals surface area contributed by atoms with E-state index in [1.165, 1.54) is 0 Å². The molecule has 0 radical (unpaired) electrons. The summed E-state index contributed by atoms with van der Waals surface area (Å²) >= 11 is 0. The second kappa shape index (κ2) is 4.49. The summed E-state index contributed by atoms with van der Waals surface area (Å²) in [4.78, 5) is 14.9. The molecule has 3 rings (SSSR count). The normalized spacial score (nSPS) is 17.2. The van der Waals surface area contributed by atoms with Crippen LogP contribution in [0.25, 0.3) is 11.0 Å². The van der Waals surface area contributed by atoms with E-state index < -0.39 is 0 Å². The molecule has 0 bridgehead atoms. The molecule has 0 saturated carbocycles. The Hall–Kier alpha value is -1.75. The molecule has 0 unspecified atom stereocenters. The quantitative estimate of drug-likeness (QED) is 0.879. The number of benzene rings is 1. The summed E-state index contributed by atoms with van der Waals surface area (Å²) in [6, 6.07) is 5.85. The lowest BCUT2D eigenvalue weighted by molar-refractivity contribution is 0.0698. The van der Waals surface area contributed by atoms with E-state index in [4.69, 9.17) is 9.47 Å². The summed E-state index contributed by atoms with van der Waals surface area (Å²) < 4.78 is 12.4. The number of hydrogen-bond acceptors (Lipinski definition) is 3. The lowest BCUT2D eigenvalue weighted by Gasteiger charge is -2.23. The van der Waals surface area contributed by atoms with Gasteiger partial charge in [0.15, 0.2) is 0 Å². The summed E-state index contributed by atoms with van der Waals surface area (Å²) in [7, 11) is 1.63. The van der Waals surface area contributed by atoms with E-state index in [1.54, 1.807) is 7.11 Å². The second-order valence-corrected chi connectivity index (χ2v) is 4.53. The Balaban J connectivity index is 2.13. The van der Waals surface area contributed by atoms with Gasteiger partial charge in [-0.2, -0.15) is 0 Å². The van der Waals surface area contributed by atoms with Gasteiger partial charge in [-0.15, -0.1) is 0 Å². The Morgan fingerprint density at radius 2 is 2.17 bits per heavy atom. The minimum atomic E-state index is -0.0508. The Morgan fingerprint density at radius 3 is 2.89 bits per heavy atom. The zero-order valence-electron chi connectivity index (χ0n) is 10.3. The first-order valence-electron chi connectivity index (χ1n) is 6.15. The Labute approximate surface area is 104 Å². The van der Waals surface area contributed by atoms with Gasteiger partial charge in [-0.1, -0.05) is 0 Å². The molecule has 1 saturated heterocycles. The summed E-state index contributed by atoms with van der Waals surface area (Å²) in [6.07, 6.45) is 1.76. The molecule has 5 heteroatoms. The predicted molar refractivity (Wildman–Crippen MR) is 68.2 cm³/mol. The number of fused-ring (bicyclic) bond motifs is 1. The van der Waals surface area contributed by atoms with Crippen LogP contribution in [0.3, 0.4) is 0 Å². The number of ether oxygens (including phenoxy) is 2. The topological polar surface area (TPSA) is 56.2 Å². The first kappa shape index (κ1) is 11.3. The Kier molecular flexibility index (Phi) is 2.83. The minimum absolute atomic E-state index is 0.0508. The van der Waals surface area contributed by atoms with Crippen LogP contribution in [0, 0.1) is 0 Å². The molecule has 0 atom stereocenters. The molecule has 1 aliphatic rings. The maximum absolute atomic E-state index is 12.1. The molecule has 1 fully saturated rings. The highest BCUT2D eigenvalue weighted by molar-refractivity contribution is 5.77. The number of nitrogens with zero attached hydrogens (tertiary/aromatic N) is 1. The highest BCUT2D eigenvalue weighted by Crippen LogP contribution is 2.25. The smallest absolute Gasteiger partial charge is 0.326 e. The largest absolute Gasteiger partial charge is 0.497 e. The van der Waals surface area contributed by atoms with Crippen molar-refractivity contribution < 1.29 is 9.47 Å². The number of methoxy groups -OCH3 is 1. The summed E-state index contributed by atoms with van der Waals surface area (Å²) in [5.41, 5.74) is 1.71. The highest BCUT2D eigenvalue weighted by atomic mass is 16.5. The van der Waals surface area contributed by atoms with Gasteiger partial charge in [0.1, 0.15) is 5.75 Å². The molecular formula is C13H16N2O3. The van der Waals surface area contributed by atoms with Gasteiger partial charge in [-0.05, 0) is 25.0 Å². The van der Waals surface area contributed by atoms with Gasteiger partial charge >= 0.3 is 5.69 Å². The van der Waals surface area contributed by atoms with Gasteiger partial charge in [0.25, 0.3) is 0 Å². The van der Waals surface area contributed by atoms with Crippen molar-refractivity contribution in [3.8, 4) is 5.75 Å². The predicted octanol–water partition coefficient (Wildman–Crippen LogP) is 1.69. The SMILES string of the molecule is COc1ccc2[nH]c(=O)n(C3CCOCC3)c2c1. The van der Waals surface area contributed by atoms with E-state index >= 15 is 0 Å². The molecule has 96 valence electrons. The van der Waals surface area contributed by atoms with Crippen molar-refractivity contribution in [2.75, 3.05) is 20.3 Å². The number of aromatic nitrogens is 2. The van der Waals surface area contributed by atoms with Crippen LogP contribution in [0.2, 0.25) is 0 Å². The summed E-state index contributed by atoms with van der Waals surface area (Å²) in [6.45, 7) is 1.43. The molecule has 0 spiro atoms. The first-order valence-corrected chi connectivity index (χ1v) is 6.15. The van der Waals surface area contributed by atoms with Crippen LogP contribution >= 0.6 is 0 Å². The fourth-order valence-corrected chi connectivity index (χ4v) is 2.53. The van der Waals surface area contributed by atoms with Gasteiger partial charge in [0.05, 0.1) is 18.1 Å². The van der Waals surface area contributed by atoms with Crippen molar-refractivity contribution in [1.29, 1.82) is 0 Å². The molecule has 0 aliphatic carbocycles. The van der Waals surface area contributed by atoms with Crippen molar-refractivity contribution >= 4 is 11.0 Å². The van der Waals surface area contributed by atoms with Crippen LogP contribution in [0.1, 0.15) is 18.9 Å². The molecule has 18 heavy (non-hydrogen) atoms. The number of rotatable bonds is 2. The molecule has 1 aromatic carbocycles. The molecule has 2 aromatic rings. The van der Waals surface area contributed by atoms with Crippen LogP contribution in [-0.2, 0) is 4.74 Å². The first-order chi connectivity index (χ1) is 8.79. The number of nitrogens with one attached hydrogen (secondary N) is 1. The van der Waals surface area contributed by atoms with Crippen molar-refractivity contribution in [3.05, 3.63) is 28.7 Å². The van der Waals surface area contributed by atoms with E-state index in [0.29, 0.717) is 13.2 Å². The molecular weight excluding hydrogens is 232 g/mol. The average molecular weight is 248 g/mol. The highest BCUT2D eigenvalue weighted by Gasteiger charge is 2.20. The van der Waals surface area contributed by atoms with Gasteiger partial charge in [0.2, 0.25) is 0 Å². The molecule has 2 heterocycles. The van der Waals surface area contributed by atoms with Crippen LogP contribution < -0.4 is 10.4 Å². The number of aromatic amines is 1. The third kappa shape index (κ3) is 1.80. The van der Waals surface area contributed by atoms with E-state index in [0.717, 1.165) is 29.6 Å². The van der Waals surface area contributed by atoms with Crippen LogP contribution in [0.15, 0.2) is 23.0 Å². The van der Waals surface area contributed by atoms with Gasteiger partial charge in [-0.25, -0.2) is 4.79 Å². The van der Waals surface area contributed by atoms with Crippen molar-refractivity contribution in [1.82, 2.24) is 9.55 Å². The minimum Gasteiger partial charge on any atom is -0.497 e. The molecule has 0 amide bonds. The number of hydrogen-bond donors (Lipinski definition) is 1. The fraction of sp³-hybridized carbons (Fsp3) is 0.462. The Morgan fingerprint density at radius 1 is 1.39 bits per heavy atom. The van der Waals surface area contributed by atoms with Crippen LogP contribution in [-0.4, -0.2) is 29.9 Å². The van der Waals surface area contributed by atoms with Gasteiger partial charge in [-0.3, -0.25) is 4.57 Å². The van der Waals surface area contributed by atoms with Crippen LogP contribution in [0.5, 0.6) is 5.75 Å². The van der Waals surface area contributed by atoms with Crippen LogP contribution in [0.4, 0.5) is 0 Å². The van der Waals surface area contributed by atoms with E-state index in [9.17, 15) is 4.79 Å². The van der Waals surface area contributed by atoms with E-state index in [1.807, 2.05) is 22.8 Å². The standard InChI is InChI=1S/C13H16N2O3/c1-17-10-2-3-11-12(8-10)15(13(16)14-11)9-4-6-18-7-5-9/h2-3,8-9H,4-7H2,1H3,(H,14,16). The fourth-order valence-electron chi connectivity index (χ4n) is 2.53. The van der Waals surface area contributed by atoms with Crippen molar-refractivity contribution in [3.63, 3.8) is 0 Å². The molecule has 1 aliphatic heterocycles. The van der Waals surface area contributed by atoms with Crippen molar-refractivity contribution in [2.45, 2.75) is 18.9 Å². The monoisotopic (exact) mass is 248 g/mol. The average Bonchev–Trinajstić information content (AvgIpc) is 2.74. The number of imidazole rings is 1. The summed E-state index contributed by atoms with van der Waals surface area (Å²) in [5, 5.41) is 0. The van der Waals surface area contributed by atoms with Gasteiger partial charge < -0.3 is 14.5 Å². The maximum Gasteiger partial charge on any atom is 0.326 e. The third-order valence-corrected chi connectivity index (χ3v) is 3.48. The molecule has 1 aromatic heterocycles. The molecule has 1 N–H and O–H groups in total. The van der Waals surface area contributed by atoms with Gasteiger partial charge in [0, 0.05) is 25.3 Å². The zero-order chi connectivity index (χ0) is 12.5. The summed E-state index contributed by atoms with van der Waals surface area (Å²) in [5.74, 6) is 0.766. The van der Waals surface area contributed by atoms with E-state index in [2.05, 4.69) is 4.98 Å². The third-order valence-electron chi connectivity index (χ3n) is 3.48. The lowest BCUT2D eigenvalue weighted by atomic mass is 10.1. The Bertz CT molecular complexity index is 608. The number of H-pyrrole nitrogens is 1. The second-order valence-electron chi connectivity index (χ2n) is 4.53. The van der Waals surface area contributed by atoms with Crippen molar-refractivity contribution in [2.24, 2.45) is 0 Å².